The Bertz CT molecular complexity index is 201. The Hall–Kier alpha value is -0.570. The summed E-state index contributed by atoms with van der Waals surface area (Å²) in [6.45, 7) is 7.12. The molecule has 0 bridgehead atoms. The summed E-state index contributed by atoms with van der Waals surface area (Å²) in [6.07, 6.45) is 4.96. The van der Waals surface area contributed by atoms with E-state index in [0.717, 1.165) is 25.9 Å². The normalized spacial score (nSPS) is 20.1. The maximum absolute atomic E-state index is 11.4. The molecule has 0 unspecified atom stereocenters. The number of epoxide rings is 1. The number of carbonyl (C=O) groups is 1. The van der Waals surface area contributed by atoms with Crippen LogP contribution in [0.2, 0.25) is 0 Å². The molecule has 1 fully saturated rings. The summed E-state index contributed by atoms with van der Waals surface area (Å²) in [5.74, 6) is -0.104. The van der Waals surface area contributed by atoms with Crippen molar-refractivity contribution in [1.82, 2.24) is 0 Å². The van der Waals surface area contributed by atoms with Gasteiger partial charge in [0, 0.05) is 0 Å². The lowest BCUT2D eigenvalue weighted by Crippen LogP contribution is -2.23. The monoisotopic (exact) mass is 214 g/mol. The van der Waals surface area contributed by atoms with Crippen molar-refractivity contribution in [3.05, 3.63) is 0 Å². The maximum Gasteiger partial charge on any atom is 0.311 e. The molecular weight excluding hydrogens is 192 g/mol. The smallest absolute Gasteiger partial charge is 0.311 e. The molecule has 0 amide bonds. The van der Waals surface area contributed by atoms with Crippen LogP contribution >= 0.6 is 0 Å². The van der Waals surface area contributed by atoms with E-state index in [1.165, 1.54) is 6.42 Å². The van der Waals surface area contributed by atoms with E-state index < -0.39 is 0 Å². The third-order valence-corrected chi connectivity index (χ3v) is 2.42. The highest BCUT2D eigenvalue weighted by molar-refractivity contribution is 5.75. The van der Waals surface area contributed by atoms with Crippen LogP contribution < -0.4 is 0 Å². The Morgan fingerprint density at radius 1 is 1.33 bits per heavy atom. The first-order valence-corrected chi connectivity index (χ1v) is 5.79. The van der Waals surface area contributed by atoms with E-state index in [0.29, 0.717) is 12.7 Å². The highest BCUT2D eigenvalue weighted by atomic mass is 16.6. The molecule has 0 N–H and O–H groups in total. The number of unbranched alkanes of at least 4 members (excludes halogenated alkanes) is 2. The first-order valence-electron chi connectivity index (χ1n) is 5.79. The fraction of sp³-hybridized carbons (Fsp3) is 0.917. The number of ether oxygens (including phenoxy) is 2. The molecule has 0 aromatic carbocycles. The van der Waals surface area contributed by atoms with Crippen molar-refractivity contribution in [2.45, 2.75) is 52.6 Å². The average Bonchev–Trinajstić information content (AvgIpc) is 2.92. The second-order valence-electron chi connectivity index (χ2n) is 5.19. The highest BCUT2D eigenvalue weighted by Gasteiger charge is 2.23. The summed E-state index contributed by atoms with van der Waals surface area (Å²) in [5, 5.41) is 0. The van der Waals surface area contributed by atoms with Gasteiger partial charge in [0.2, 0.25) is 0 Å². The standard InChI is InChI=1S/C12H22O3/c1-12(2,3)11(13)14-8-6-4-5-7-10-9-15-10/h10H,4-9H2,1-3H3/t10-/m0/s1. The largest absolute Gasteiger partial charge is 0.465 e. The van der Waals surface area contributed by atoms with Crippen molar-refractivity contribution in [1.29, 1.82) is 0 Å². The van der Waals surface area contributed by atoms with Gasteiger partial charge in [-0.05, 0) is 40.0 Å². The van der Waals surface area contributed by atoms with Crippen LogP contribution in [0.25, 0.3) is 0 Å². The summed E-state index contributed by atoms with van der Waals surface area (Å²) in [7, 11) is 0. The van der Waals surface area contributed by atoms with Crippen LogP contribution in [-0.4, -0.2) is 25.3 Å². The molecule has 0 aliphatic carbocycles. The lowest BCUT2D eigenvalue weighted by atomic mass is 9.97. The maximum atomic E-state index is 11.4. The molecule has 0 aromatic rings. The van der Waals surface area contributed by atoms with E-state index in [1.54, 1.807) is 0 Å². The molecular formula is C12H22O3. The molecule has 0 saturated carbocycles. The number of rotatable bonds is 6. The van der Waals surface area contributed by atoms with Crippen molar-refractivity contribution in [2.75, 3.05) is 13.2 Å². The Labute approximate surface area is 92.1 Å². The van der Waals surface area contributed by atoms with Gasteiger partial charge >= 0.3 is 5.97 Å². The third kappa shape index (κ3) is 5.78. The highest BCUT2D eigenvalue weighted by Crippen LogP contribution is 2.18. The number of hydrogen-bond donors (Lipinski definition) is 0. The molecule has 1 rings (SSSR count). The van der Waals surface area contributed by atoms with Crippen molar-refractivity contribution >= 4 is 5.97 Å². The summed E-state index contributed by atoms with van der Waals surface area (Å²) in [5.41, 5.74) is -0.373. The summed E-state index contributed by atoms with van der Waals surface area (Å²) >= 11 is 0. The lowest BCUT2D eigenvalue weighted by molar-refractivity contribution is -0.153. The zero-order valence-corrected chi connectivity index (χ0v) is 10.0. The van der Waals surface area contributed by atoms with Gasteiger partial charge in [0.05, 0.1) is 24.7 Å². The molecule has 3 nitrogen and oxygen atoms in total. The fourth-order valence-electron chi connectivity index (χ4n) is 1.27. The molecule has 15 heavy (non-hydrogen) atoms. The first kappa shape index (κ1) is 12.5. The van der Waals surface area contributed by atoms with Gasteiger partial charge in [-0.1, -0.05) is 6.42 Å². The molecule has 1 saturated heterocycles. The molecule has 0 aromatic heterocycles. The number of hydrogen-bond acceptors (Lipinski definition) is 3. The molecule has 1 heterocycles. The van der Waals surface area contributed by atoms with Crippen LogP contribution in [-0.2, 0) is 14.3 Å². The summed E-state index contributed by atoms with van der Waals surface area (Å²) in [6, 6.07) is 0. The zero-order chi connectivity index (χ0) is 11.3. The van der Waals surface area contributed by atoms with Crippen LogP contribution in [0.15, 0.2) is 0 Å². The second kappa shape index (κ2) is 5.50. The van der Waals surface area contributed by atoms with E-state index in [4.69, 9.17) is 9.47 Å². The molecule has 1 aliphatic rings. The Morgan fingerprint density at radius 3 is 2.53 bits per heavy atom. The Kier molecular flexibility index (Phi) is 4.58. The van der Waals surface area contributed by atoms with Crippen molar-refractivity contribution in [3.8, 4) is 0 Å². The molecule has 1 aliphatic heterocycles. The Morgan fingerprint density at radius 2 is 2.00 bits per heavy atom. The van der Waals surface area contributed by atoms with Crippen LogP contribution in [0, 0.1) is 5.41 Å². The molecule has 0 spiro atoms. The van der Waals surface area contributed by atoms with Crippen molar-refractivity contribution in [3.63, 3.8) is 0 Å². The van der Waals surface area contributed by atoms with Gasteiger partial charge < -0.3 is 9.47 Å². The van der Waals surface area contributed by atoms with Crippen molar-refractivity contribution < 1.29 is 14.3 Å². The number of esters is 1. The van der Waals surface area contributed by atoms with Gasteiger partial charge in [-0.3, -0.25) is 4.79 Å². The zero-order valence-electron chi connectivity index (χ0n) is 10.0. The minimum Gasteiger partial charge on any atom is -0.465 e. The van der Waals surface area contributed by atoms with Crippen LogP contribution in [0.3, 0.4) is 0 Å². The van der Waals surface area contributed by atoms with Gasteiger partial charge in [0.25, 0.3) is 0 Å². The SMILES string of the molecule is CC(C)(C)C(=O)OCCCCC[C@H]1CO1. The minimum absolute atomic E-state index is 0.104. The molecule has 0 radical (unpaired) electrons. The van der Waals surface area contributed by atoms with Gasteiger partial charge in [-0.2, -0.15) is 0 Å². The van der Waals surface area contributed by atoms with Gasteiger partial charge in [0.1, 0.15) is 0 Å². The van der Waals surface area contributed by atoms with Crippen molar-refractivity contribution in [2.24, 2.45) is 5.41 Å². The fourth-order valence-corrected chi connectivity index (χ4v) is 1.27. The van der Waals surface area contributed by atoms with Crippen LogP contribution in [0.4, 0.5) is 0 Å². The van der Waals surface area contributed by atoms with E-state index in [-0.39, 0.29) is 11.4 Å². The number of carbonyl (C=O) groups excluding carboxylic acids is 1. The van der Waals surface area contributed by atoms with E-state index in [1.807, 2.05) is 20.8 Å². The molecule has 88 valence electrons. The second-order valence-corrected chi connectivity index (χ2v) is 5.19. The summed E-state index contributed by atoms with van der Waals surface area (Å²) < 4.78 is 10.3. The first-order chi connectivity index (χ1) is 7.00. The summed E-state index contributed by atoms with van der Waals surface area (Å²) in [4.78, 5) is 11.4. The third-order valence-electron chi connectivity index (χ3n) is 2.42. The quantitative estimate of drug-likeness (QED) is 0.387. The van der Waals surface area contributed by atoms with E-state index in [9.17, 15) is 4.79 Å². The Balaban J connectivity index is 1.89. The lowest BCUT2D eigenvalue weighted by Gasteiger charge is -2.16. The van der Waals surface area contributed by atoms with Gasteiger partial charge in [-0.15, -0.1) is 0 Å². The van der Waals surface area contributed by atoms with E-state index >= 15 is 0 Å². The van der Waals surface area contributed by atoms with Gasteiger partial charge in [0.15, 0.2) is 0 Å². The predicted octanol–water partition coefficient (Wildman–Crippen LogP) is 2.53. The molecule has 1 atom stereocenters. The van der Waals surface area contributed by atoms with Crippen LogP contribution in [0.5, 0.6) is 0 Å². The minimum atomic E-state index is -0.373. The predicted molar refractivity (Wildman–Crippen MR) is 58.6 cm³/mol. The van der Waals surface area contributed by atoms with Crippen LogP contribution in [0.1, 0.15) is 46.5 Å². The topological polar surface area (TPSA) is 38.8 Å². The molecule has 3 heteroatoms. The van der Waals surface area contributed by atoms with Gasteiger partial charge in [-0.25, -0.2) is 0 Å². The van der Waals surface area contributed by atoms with E-state index in [2.05, 4.69) is 0 Å². The average molecular weight is 214 g/mol.